The molecule has 2 aromatic rings. The van der Waals surface area contributed by atoms with Crippen LogP contribution in [0.4, 0.5) is 5.82 Å². The Morgan fingerprint density at radius 1 is 1.21 bits per heavy atom. The van der Waals surface area contributed by atoms with Crippen LogP contribution in [0.1, 0.15) is 41.4 Å². The van der Waals surface area contributed by atoms with Gasteiger partial charge in [-0.3, -0.25) is 4.79 Å². The van der Waals surface area contributed by atoms with Gasteiger partial charge in [0.25, 0.3) is 5.91 Å². The van der Waals surface area contributed by atoms with Gasteiger partial charge in [0, 0.05) is 37.2 Å². The molecule has 7 heteroatoms. The molecule has 0 saturated heterocycles. The molecule has 2 N–H and O–H groups in total. The second kappa shape index (κ2) is 10.4. The lowest BCUT2D eigenvalue weighted by Gasteiger charge is -2.15. The van der Waals surface area contributed by atoms with Crippen molar-refractivity contribution in [2.75, 3.05) is 46.2 Å². The van der Waals surface area contributed by atoms with Gasteiger partial charge in [0.05, 0.1) is 27.2 Å². The summed E-state index contributed by atoms with van der Waals surface area (Å²) in [6, 6.07) is 9.80. The van der Waals surface area contributed by atoms with Crippen LogP contribution in [0, 0.1) is 0 Å². The summed E-state index contributed by atoms with van der Waals surface area (Å²) in [5.74, 6) is 1.95. The molecule has 0 spiro atoms. The number of quaternary nitrogens is 1. The summed E-state index contributed by atoms with van der Waals surface area (Å²) in [7, 11) is 8.12. The minimum absolute atomic E-state index is 0.0268. The van der Waals surface area contributed by atoms with Crippen LogP contribution in [-0.2, 0) is 5.75 Å². The van der Waals surface area contributed by atoms with Crippen LogP contribution in [0.2, 0.25) is 0 Å². The number of benzene rings is 1. The van der Waals surface area contributed by atoms with E-state index < -0.39 is 0 Å². The van der Waals surface area contributed by atoms with Crippen molar-refractivity contribution in [3.05, 3.63) is 47.2 Å². The van der Waals surface area contributed by atoms with Gasteiger partial charge in [-0.2, -0.15) is 0 Å². The fourth-order valence-corrected chi connectivity index (χ4v) is 3.30. The van der Waals surface area contributed by atoms with E-state index in [2.05, 4.69) is 43.2 Å². The van der Waals surface area contributed by atoms with Crippen molar-refractivity contribution < 1.29 is 9.69 Å². The average molecular weight is 403 g/mol. The smallest absolute Gasteiger partial charge is 0.251 e. The third-order valence-corrected chi connectivity index (χ3v) is 5.15. The zero-order chi connectivity index (χ0) is 20.7. The second-order valence-electron chi connectivity index (χ2n) is 7.68. The molecule has 0 fully saturated rings. The molecule has 0 radical (unpaired) electrons. The number of aromatic nitrogens is 2. The number of thioether (sulfide) groups is 1. The van der Waals surface area contributed by atoms with Crippen molar-refractivity contribution in [3.8, 4) is 0 Å². The molecule has 0 aliphatic heterocycles. The van der Waals surface area contributed by atoms with Gasteiger partial charge in [-0.05, 0) is 23.6 Å². The molecule has 1 amide bonds. The van der Waals surface area contributed by atoms with E-state index in [-0.39, 0.29) is 5.91 Å². The van der Waals surface area contributed by atoms with Crippen LogP contribution in [0.25, 0.3) is 0 Å². The maximum absolute atomic E-state index is 12.3. The Hall–Kier alpha value is -2.12. The van der Waals surface area contributed by atoms with Gasteiger partial charge in [-0.25, -0.2) is 9.97 Å². The average Bonchev–Trinajstić information content (AvgIpc) is 2.66. The van der Waals surface area contributed by atoms with Crippen LogP contribution in [0.5, 0.6) is 0 Å². The van der Waals surface area contributed by atoms with Crippen LogP contribution < -0.4 is 15.1 Å². The van der Waals surface area contributed by atoms with Crippen molar-refractivity contribution in [1.82, 2.24) is 15.3 Å². The first-order valence-corrected chi connectivity index (χ1v) is 10.6. The molecule has 1 heterocycles. The number of rotatable bonds is 9. The molecule has 0 saturated carbocycles. The molecule has 0 aliphatic rings. The zero-order valence-corrected chi connectivity index (χ0v) is 18.6. The number of carbonyl (C=O) groups excluding carboxylic acids is 1. The van der Waals surface area contributed by atoms with Crippen molar-refractivity contribution in [2.24, 2.45) is 0 Å². The van der Waals surface area contributed by atoms with Gasteiger partial charge in [0.1, 0.15) is 5.82 Å². The number of likely N-dealkylation sites (N-methyl/N-ethyl adjacent to an activating group) is 1. The monoisotopic (exact) mass is 402 g/mol. The lowest BCUT2D eigenvalue weighted by Crippen LogP contribution is -3.06. The molecule has 0 aliphatic carbocycles. The molecule has 0 atom stereocenters. The molecule has 152 valence electrons. The number of carbonyl (C=O) groups is 1. The van der Waals surface area contributed by atoms with E-state index in [1.807, 2.05) is 49.3 Å². The SMILES string of the molecule is CC(C)c1cc(N(C)C)nc(SCc2cccc(C(=O)NCC[NH+](C)C)c2)n1. The lowest BCUT2D eigenvalue weighted by molar-refractivity contribution is -0.856. The van der Waals surface area contributed by atoms with Gasteiger partial charge in [0.2, 0.25) is 0 Å². The first kappa shape index (κ1) is 22.2. The van der Waals surface area contributed by atoms with Crippen molar-refractivity contribution in [1.29, 1.82) is 0 Å². The Balaban J connectivity index is 2.06. The predicted octanol–water partition coefficient (Wildman–Crippen LogP) is 1.83. The van der Waals surface area contributed by atoms with Gasteiger partial charge in [-0.15, -0.1) is 0 Å². The van der Waals surface area contributed by atoms with E-state index in [1.54, 1.807) is 11.8 Å². The maximum Gasteiger partial charge on any atom is 0.251 e. The van der Waals surface area contributed by atoms with E-state index >= 15 is 0 Å². The van der Waals surface area contributed by atoms with E-state index in [1.165, 1.54) is 4.90 Å². The van der Waals surface area contributed by atoms with E-state index in [9.17, 15) is 4.79 Å². The minimum atomic E-state index is -0.0268. The normalized spacial score (nSPS) is 11.1. The maximum atomic E-state index is 12.3. The fraction of sp³-hybridized carbons (Fsp3) is 0.476. The van der Waals surface area contributed by atoms with E-state index in [0.717, 1.165) is 34.5 Å². The second-order valence-corrected chi connectivity index (χ2v) is 8.63. The summed E-state index contributed by atoms with van der Waals surface area (Å²) in [5.41, 5.74) is 2.82. The number of anilines is 1. The van der Waals surface area contributed by atoms with Crippen molar-refractivity contribution in [2.45, 2.75) is 30.7 Å². The molecule has 28 heavy (non-hydrogen) atoms. The van der Waals surface area contributed by atoms with Crippen LogP contribution >= 0.6 is 11.8 Å². The zero-order valence-electron chi connectivity index (χ0n) is 17.7. The molecule has 0 bridgehead atoms. The van der Waals surface area contributed by atoms with Gasteiger partial charge in [-0.1, -0.05) is 37.7 Å². The summed E-state index contributed by atoms with van der Waals surface area (Å²) < 4.78 is 0. The lowest BCUT2D eigenvalue weighted by atomic mass is 10.1. The number of hydrogen-bond donors (Lipinski definition) is 2. The van der Waals surface area contributed by atoms with Gasteiger partial charge in [0.15, 0.2) is 5.16 Å². The molecule has 1 aromatic heterocycles. The molecule has 0 unspecified atom stereocenters. The highest BCUT2D eigenvalue weighted by atomic mass is 32.2. The van der Waals surface area contributed by atoms with Gasteiger partial charge >= 0.3 is 0 Å². The fourth-order valence-electron chi connectivity index (χ4n) is 2.50. The Bertz CT molecular complexity index is 766. The highest BCUT2D eigenvalue weighted by Crippen LogP contribution is 2.25. The number of nitrogens with zero attached hydrogens (tertiary/aromatic N) is 3. The Kier molecular flexibility index (Phi) is 8.26. The molecule has 6 nitrogen and oxygen atoms in total. The summed E-state index contributed by atoms with van der Waals surface area (Å²) in [5, 5.41) is 3.74. The largest absolute Gasteiger partial charge is 0.363 e. The Morgan fingerprint density at radius 2 is 1.96 bits per heavy atom. The van der Waals surface area contributed by atoms with Crippen LogP contribution in [-0.4, -0.2) is 57.2 Å². The first-order valence-electron chi connectivity index (χ1n) is 9.61. The third-order valence-electron chi connectivity index (χ3n) is 4.23. The summed E-state index contributed by atoms with van der Waals surface area (Å²) >= 11 is 1.59. The van der Waals surface area contributed by atoms with Crippen molar-refractivity contribution >= 4 is 23.5 Å². The first-order chi connectivity index (χ1) is 13.3. The van der Waals surface area contributed by atoms with Crippen LogP contribution in [0.3, 0.4) is 0 Å². The molecule has 2 rings (SSSR count). The van der Waals surface area contributed by atoms with E-state index in [0.29, 0.717) is 18.0 Å². The number of nitrogens with one attached hydrogen (secondary N) is 2. The summed E-state index contributed by atoms with van der Waals surface area (Å²) in [4.78, 5) is 25.0. The van der Waals surface area contributed by atoms with Crippen LogP contribution in [0.15, 0.2) is 35.5 Å². The molecule has 1 aromatic carbocycles. The van der Waals surface area contributed by atoms with Gasteiger partial charge < -0.3 is 15.1 Å². The summed E-state index contributed by atoms with van der Waals surface area (Å²) in [6.07, 6.45) is 0. The van der Waals surface area contributed by atoms with Crippen molar-refractivity contribution in [3.63, 3.8) is 0 Å². The standard InChI is InChI=1S/C21H31N5OS/c1-15(2)18-13-19(26(5)6)24-21(23-18)28-14-16-8-7-9-17(12-16)20(27)22-10-11-25(3)4/h7-9,12-13,15H,10-11,14H2,1-6H3,(H,22,27)/p+1. The third kappa shape index (κ3) is 6.80. The minimum Gasteiger partial charge on any atom is -0.363 e. The van der Waals surface area contributed by atoms with E-state index in [4.69, 9.17) is 0 Å². The molecular weight excluding hydrogens is 370 g/mol. The molecular formula is C21H32N5OS+. The summed E-state index contributed by atoms with van der Waals surface area (Å²) in [6.45, 7) is 5.84. The number of amides is 1. The highest BCUT2D eigenvalue weighted by molar-refractivity contribution is 7.98. The number of hydrogen-bond acceptors (Lipinski definition) is 5. The highest BCUT2D eigenvalue weighted by Gasteiger charge is 2.11. The quantitative estimate of drug-likeness (QED) is 0.495. The Morgan fingerprint density at radius 3 is 2.61 bits per heavy atom. The Labute approximate surface area is 172 Å². The topological polar surface area (TPSA) is 62.6 Å². The predicted molar refractivity (Wildman–Crippen MR) is 116 cm³/mol.